The summed E-state index contributed by atoms with van der Waals surface area (Å²) >= 11 is 7.69. The van der Waals surface area contributed by atoms with Crippen molar-refractivity contribution < 1.29 is 9.59 Å². The van der Waals surface area contributed by atoms with Gasteiger partial charge in [0.05, 0.1) is 5.02 Å². The third-order valence-corrected chi connectivity index (χ3v) is 5.40. The van der Waals surface area contributed by atoms with Gasteiger partial charge in [-0.1, -0.05) is 29.8 Å². The standard InChI is InChI=1S/C18H15ClN2O2S/c1-11(22)21(2)13-9-7-12(8-10-13)20-18(23)17-16(19)14-5-3-4-6-15(14)24-17/h3-10H,1-2H3,(H,20,23). The number of carbonyl (C=O) groups excluding carboxylic acids is 2. The van der Waals surface area contributed by atoms with Gasteiger partial charge in [-0.15, -0.1) is 11.3 Å². The Morgan fingerprint density at radius 3 is 2.38 bits per heavy atom. The highest BCUT2D eigenvalue weighted by molar-refractivity contribution is 7.21. The number of hydrogen-bond donors (Lipinski definition) is 1. The van der Waals surface area contributed by atoms with E-state index in [1.54, 1.807) is 31.3 Å². The van der Waals surface area contributed by atoms with Crippen LogP contribution in [0.3, 0.4) is 0 Å². The summed E-state index contributed by atoms with van der Waals surface area (Å²) in [5.41, 5.74) is 1.41. The van der Waals surface area contributed by atoms with Crippen molar-refractivity contribution in [3.8, 4) is 0 Å². The van der Waals surface area contributed by atoms with Crippen LogP contribution in [0.1, 0.15) is 16.6 Å². The number of nitrogens with zero attached hydrogens (tertiary/aromatic N) is 1. The van der Waals surface area contributed by atoms with Crippen molar-refractivity contribution >= 4 is 56.2 Å². The minimum absolute atomic E-state index is 0.0520. The molecule has 0 fully saturated rings. The number of halogens is 1. The fourth-order valence-electron chi connectivity index (χ4n) is 2.30. The summed E-state index contributed by atoms with van der Waals surface area (Å²) in [6, 6.07) is 14.7. The summed E-state index contributed by atoms with van der Waals surface area (Å²) in [6.45, 7) is 1.50. The second kappa shape index (κ2) is 6.63. The lowest BCUT2D eigenvalue weighted by atomic mass is 10.2. The molecule has 2 amide bonds. The minimum Gasteiger partial charge on any atom is -0.321 e. The maximum absolute atomic E-state index is 12.5. The van der Waals surface area contributed by atoms with Gasteiger partial charge in [0.1, 0.15) is 4.88 Å². The molecule has 4 nitrogen and oxygen atoms in total. The third-order valence-electron chi connectivity index (χ3n) is 3.73. The Morgan fingerprint density at radius 1 is 1.08 bits per heavy atom. The fourth-order valence-corrected chi connectivity index (χ4v) is 3.71. The lowest BCUT2D eigenvalue weighted by Crippen LogP contribution is -2.22. The maximum atomic E-state index is 12.5. The van der Waals surface area contributed by atoms with Crippen LogP contribution in [0.2, 0.25) is 5.02 Å². The van der Waals surface area contributed by atoms with Crippen LogP contribution in [0.15, 0.2) is 48.5 Å². The molecule has 0 spiro atoms. The molecular formula is C18H15ClN2O2S. The molecule has 3 rings (SSSR count). The highest BCUT2D eigenvalue weighted by Gasteiger charge is 2.17. The SMILES string of the molecule is CC(=O)N(C)c1ccc(NC(=O)c2sc3ccccc3c2Cl)cc1. The van der Waals surface area contributed by atoms with Crippen LogP contribution in [0.5, 0.6) is 0 Å². The Balaban J connectivity index is 1.81. The molecule has 0 aliphatic rings. The number of nitrogens with one attached hydrogen (secondary N) is 1. The van der Waals surface area contributed by atoms with E-state index in [0.29, 0.717) is 15.6 Å². The molecule has 0 atom stereocenters. The van der Waals surface area contributed by atoms with Gasteiger partial charge in [-0.05, 0) is 30.3 Å². The van der Waals surface area contributed by atoms with E-state index in [0.717, 1.165) is 15.8 Å². The topological polar surface area (TPSA) is 49.4 Å². The van der Waals surface area contributed by atoms with Crippen molar-refractivity contribution in [3.05, 3.63) is 58.4 Å². The number of anilines is 2. The second-order valence-electron chi connectivity index (χ2n) is 5.32. The molecule has 1 heterocycles. The molecule has 0 aliphatic heterocycles. The van der Waals surface area contributed by atoms with E-state index in [4.69, 9.17) is 11.6 Å². The average molecular weight is 359 g/mol. The zero-order chi connectivity index (χ0) is 17.3. The van der Waals surface area contributed by atoms with Gasteiger partial charge >= 0.3 is 0 Å². The summed E-state index contributed by atoms with van der Waals surface area (Å²) < 4.78 is 0.978. The smallest absolute Gasteiger partial charge is 0.267 e. The quantitative estimate of drug-likeness (QED) is 0.731. The summed E-state index contributed by atoms with van der Waals surface area (Å²) in [4.78, 5) is 25.9. The molecule has 0 saturated carbocycles. The molecule has 24 heavy (non-hydrogen) atoms. The highest BCUT2D eigenvalue weighted by Crippen LogP contribution is 2.35. The first-order valence-corrected chi connectivity index (χ1v) is 8.49. The number of amides is 2. The molecule has 0 saturated heterocycles. The number of carbonyl (C=O) groups is 2. The van der Waals surface area contributed by atoms with E-state index in [2.05, 4.69) is 5.32 Å². The molecule has 0 bridgehead atoms. The van der Waals surface area contributed by atoms with Crippen LogP contribution in [0.4, 0.5) is 11.4 Å². The molecule has 2 aromatic carbocycles. The number of rotatable bonds is 3. The van der Waals surface area contributed by atoms with Crippen LogP contribution in [0.25, 0.3) is 10.1 Å². The largest absolute Gasteiger partial charge is 0.321 e. The van der Waals surface area contributed by atoms with Crippen LogP contribution in [-0.2, 0) is 4.79 Å². The van der Waals surface area contributed by atoms with Gasteiger partial charge in [0.2, 0.25) is 5.91 Å². The van der Waals surface area contributed by atoms with Crippen molar-refractivity contribution in [2.24, 2.45) is 0 Å². The first-order chi connectivity index (χ1) is 11.5. The Hall–Kier alpha value is -2.37. The second-order valence-corrected chi connectivity index (χ2v) is 6.75. The van der Waals surface area contributed by atoms with Crippen molar-refractivity contribution in [1.29, 1.82) is 0 Å². The van der Waals surface area contributed by atoms with Crippen LogP contribution >= 0.6 is 22.9 Å². The van der Waals surface area contributed by atoms with Gasteiger partial charge in [0, 0.05) is 35.4 Å². The van der Waals surface area contributed by atoms with Crippen molar-refractivity contribution in [2.75, 3.05) is 17.3 Å². The van der Waals surface area contributed by atoms with Crippen molar-refractivity contribution in [2.45, 2.75) is 6.92 Å². The number of benzene rings is 2. The third kappa shape index (κ3) is 3.13. The maximum Gasteiger partial charge on any atom is 0.267 e. The van der Waals surface area contributed by atoms with Gasteiger partial charge in [-0.25, -0.2) is 0 Å². The first kappa shape index (κ1) is 16.5. The summed E-state index contributed by atoms with van der Waals surface area (Å²) in [7, 11) is 1.70. The van der Waals surface area contributed by atoms with Crippen molar-refractivity contribution in [3.63, 3.8) is 0 Å². The summed E-state index contributed by atoms with van der Waals surface area (Å²) in [6.07, 6.45) is 0. The summed E-state index contributed by atoms with van der Waals surface area (Å²) in [5, 5.41) is 4.19. The zero-order valence-electron chi connectivity index (χ0n) is 13.2. The minimum atomic E-state index is -0.242. The Labute approximate surface area is 148 Å². The van der Waals surface area contributed by atoms with Gasteiger partial charge < -0.3 is 10.2 Å². The molecule has 122 valence electrons. The van der Waals surface area contributed by atoms with Gasteiger partial charge in [0.25, 0.3) is 5.91 Å². The van der Waals surface area contributed by atoms with Crippen molar-refractivity contribution in [1.82, 2.24) is 0 Å². The molecule has 0 unspecified atom stereocenters. The number of fused-ring (bicyclic) bond motifs is 1. The van der Waals surface area contributed by atoms with Gasteiger partial charge in [-0.3, -0.25) is 9.59 Å². The summed E-state index contributed by atoms with van der Waals surface area (Å²) in [5.74, 6) is -0.294. The van der Waals surface area contributed by atoms with E-state index < -0.39 is 0 Å². The highest BCUT2D eigenvalue weighted by atomic mass is 35.5. The predicted octanol–water partition coefficient (Wildman–Crippen LogP) is 4.79. The number of thiophene rings is 1. The Bertz CT molecular complexity index is 918. The molecule has 1 N–H and O–H groups in total. The normalized spacial score (nSPS) is 10.6. The van der Waals surface area contributed by atoms with E-state index in [9.17, 15) is 9.59 Å². The monoisotopic (exact) mass is 358 g/mol. The van der Waals surface area contributed by atoms with Gasteiger partial charge in [-0.2, -0.15) is 0 Å². The fraction of sp³-hybridized carbons (Fsp3) is 0.111. The molecule has 0 radical (unpaired) electrons. The average Bonchev–Trinajstić information content (AvgIpc) is 2.92. The van der Waals surface area contributed by atoms with Crippen LogP contribution in [0, 0.1) is 0 Å². The van der Waals surface area contributed by atoms with E-state index in [1.807, 2.05) is 24.3 Å². The molecule has 3 aromatic rings. The zero-order valence-corrected chi connectivity index (χ0v) is 14.7. The molecule has 0 aliphatic carbocycles. The lowest BCUT2D eigenvalue weighted by molar-refractivity contribution is -0.116. The van der Waals surface area contributed by atoms with E-state index in [-0.39, 0.29) is 11.8 Å². The van der Waals surface area contributed by atoms with Crippen LogP contribution in [-0.4, -0.2) is 18.9 Å². The Morgan fingerprint density at radius 2 is 1.75 bits per heavy atom. The Kier molecular flexibility index (Phi) is 4.55. The molecule has 6 heteroatoms. The van der Waals surface area contributed by atoms with E-state index >= 15 is 0 Å². The number of hydrogen-bond acceptors (Lipinski definition) is 3. The predicted molar refractivity (Wildman–Crippen MR) is 100 cm³/mol. The molecular weight excluding hydrogens is 344 g/mol. The lowest BCUT2D eigenvalue weighted by Gasteiger charge is -2.15. The first-order valence-electron chi connectivity index (χ1n) is 7.30. The van der Waals surface area contributed by atoms with Crippen LogP contribution < -0.4 is 10.2 Å². The van der Waals surface area contributed by atoms with E-state index in [1.165, 1.54) is 23.2 Å². The van der Waals surface area contributed by atoms with Gasteiger partial charge in [0.15, 0.2) is 0 Å². The molecule has 1 aromatic heterocycles.